The number of allylic oxidation sites excluding steroid dienone is 1. The van der Waals surface area contributed by atoms with Crippen LogP contribution in [-0.4, -0.2) is 58.9 Å². The van der Waals surface area contributed by atoms with E-state index in [-0.39, 0.29) is 34.3 Å². The molecule has 0 spiro atoms. The van der Waals surface area contributed by atoms with Gasteiger partial charge < -0.3 is 5.32 Å². The lowest BCUT2D eigenvalue weighted by molar-refractivity contribution is -0.131. The lowest BCUT2D eigenvalue weighted by atomic mass is 9.83. The Hall–Kier alpha value is -5.18. The Morgan fingerprint density at radius 1 is 1.00 bits per heavy atom. The van der Waals surface area contributed by atoms with Crippen molar-refractivity contribution in [3.8, 4) is 6.07 Å². The third kappa shape index (κ3) is 4.96. The smallest absolute Gasteiger partial charge is 0.263 e. The fourth-order valence-electron chi connectivity index (χ4n) is 6.81. The van der Waals surface area contributed by atoms with Crippen LogP contribution in [0.1, 0.15) is 32.7 Å². The van der Waals surface area contributed by atoms with Gasteiger partial charge in [-0.15, -0.1) is 0 Å². The molecule has 0 bridgehead atoms. The number of carbonyl (C=O) groups excluding carboxylic acids is 2. The molecule has 1 amide bonds. The Morgan fingerprint density at radius 2 is 1.67 bits per heavy atom. The first kappa shape index (κ1) is 29.5. The molecule has 2 aliphatic heterocycles. The van der Waals surface area contributed by atoms with Gasteiger partial charge in [-0.25, -0.2) is 8.42 Å². The number of nitrogens with one attached hydrogen (secondary N) is 1. The summed E-state index contributed by atoms with van der Waals surface area (Å²) in [4.78, 5) is 38.7. The molecule has 1 N–H and O–H groups in total. The first-order chi connectivity index (χ1) is 22.2. The molecular formula is C35H30N6O4S. The van der Waals surface area contributed by atoms with E-state index in [9.17, 15) is 23.3 Å². The zero-order valence-corrected chi connectivity index (χ0v) is 25.8. The van der Waals surface area contributed by atoms with Gasteiger partial charge in [0, 0.05) is 55.6 Å². The van der Waals surface area contributed by atoms with E-state index in [0.717, 1.165) is 5.69 Å². The van der Waals surface area contributed by atoms with Gasteiger partial charge in [-0.1, -0.05) is 18.2 Å². The number of hydrogen-bond acceptors (Lipinski definition) is 8. The van der Waals surface area contributed by atoms with Crippen LogP contribution in [0.5, 0.6) is 0 Å². The highest BCUT2D eigenvalue weighted by Crippen LogP contribution is 2.54. The molecule has 46 heavy (non-hydrogen) atoms. The van der Waals surface area contributed by atoms with Gasteiger partial charge in [0.05, 0.1) is 16.5 Å². The SMILES string of the molecule is Cc1cc(C2(c3ccncc3)NC(=CC(=O)c3ccc(C#N)cc3)N(CC3[C@H]4CN(S(=O)(=O)c5ccccc5)C[C@@H]34)C2=O)ccn1. The minimum Gasteiger partial charge on any atom is -0.350 e. The maximum absolute atomic E-state index is 14.8. The van der Waals surface area contributed by atoms with Crippen LogP contribution >= 0.6 is 0 Å². The number of pyridine rings is 2. The zero-order valence-electron chi connectivity index (χ0n) is 24.9. The third-order valence-corrected chi connectivity index (χ3v) is 11.1. The van der Waals surface area contributed by atoms with Crippen molar-refractivity contribution in [3.05, 3.63) is 137 Å². The Kier molecular flexibility index (Phi) is 7.26. The normalized spacial score (nSPS) is 24.8. The van der Waals surface area contributed by atoms with Crippen molar-refractivity contribution < 1.29 is 18.0 Å². The summed E-state index contributed by atoms with van der Waals surface area (Å²) in [7, 11) is -3.61. The topological polar surface area (TPSA) is 136 Å². The van der Waals surface area contributed by atoms with Gasteiger partial charge in [-0.3, -0.25) is 24.5 Å². The Balaban J connectivity index is 1.23. The number of fused-ring (bicyclic) bond motifs is 1. The summed E-state index contributed by atoms with van der Waals surface area (Å²) in [5.41, 5.74) is 1.54. The number of amides is 1. The first-order valence-electron chi connectivity index (χ1n) is 15.0. The van der Waals surface area contributed by atoms with Crippen LogP contribution in [0.2, 0.25) is 0 Å². The fraction of sp³-hybridized carbons (Fsp3) is 0.229. The molecule has 3 aliphatic rings. The predicted octanol–water partition coefficient (Wildman–Crippen LogP) is 3.62. The second-order valence-electron chi connectivity index (χ2n) is 11.9. The van der Waals surface area contributed by atoms with Gasteiger partial charge in [0.1, 0.15) is 5.82 Å². The molecule has 2 aromatic carbocycles. The van der Waals surface area contributed by atoms with Gasteiger partial charge in [-0.05, 0) is 96.5 Å². The Bertz CT molecular complexity index is 2000. The van der Waals surface area contributed by atoms with Crippen molar-refractivity contribution in [1.82, 2.24) is 24.5 Å². The predicted molar refractivity (Wildman–Crippen MR) is 168 cm³/mol. The van der Waals surface area contributed by atoms with E-state index >= 15 is 0 Å². The highest BCUT2D eigenvalue weighted by atomic mass is 32.2. The number of nitriles is 1. The second-order valence-corrected chi connectivity index (χ2v) is 13.9. The maximum Gasteiger partial charge on any atom is 0.263 e. The highest BCUT2D eigenvalue weighted by Gasteiger charge is 2.61. The van der Waals surface area contributed by atoms with Crippen molar-refractivity contribution in [2.45, 2.75) is 17.4 Å². The zero-order chi connectivity index (χ0) is 32.1. The van der Waals surface area contributed by atoms with E-state index in [1.807, 2.05) is 13.0 Å². The quantitative estimate of drug-likeness (QED) is 0.230. The van der Waals surface area contributed by atoms with E-state index in [1.54, 1.807) is 96.3 Å². The number of benzene rings is 2. The molecule has 10 nitrogen and oxygen atoms in total. The van der Waals surface area contributed by atoms with Crippen molar-refractivity contribution in [2.24, 2.45) is 17.8 Å². The molecule has 2 aromatic heterocycles. The molecule has 1 saturated carbocycles. The fourth-order valence-corrected chi connectivity index (χ4v) is 8.34. The van der Waals surface area contributed by atoms with E-state index in [2.05, 4.69) is 21.4 Å². The molecule has 4 heterocycles. The second kappa shape index (κ2) is 11.3. The molecule has 2 saturated heterocycles. The molecule has 3 fully saturated rings. The van der Waals surface area contributed by atoms with Crippen molar-refractivity contribution in [3.63, 3.8) is 0 Å². The van der Waals surface area contributed by atoms with Crippen LogP contribution in [0.15, 0.2) is 114 Å². The largest absolute Gasteiger partial charge is 0.350 e. The van der Waals surface area contributed by atoms with Gasteiger partial charge >= 0.3 is 0 Å². The van der Waals surface area contributed by atoms with Crippen LogP contribution in [0.3, 0.4) is 0 Å². The Labute approximate surface area is 267 Å². The highest BCUT2D eigenvalue weighted by molar-refractivity contribution is 7.89. The van der Waals surface area contributed by atoms with Gasteiger partial charge in [0.15, 0.2) is 11.3 Å². The van der Waals surface area contributed by atoms with Crippen LogP contribution in [0, 0.1) is 36.0 Å². The molecule has 0 radical (unpaired) electrons. The number of piperidine rings is 1. The maximum atomic E-state index is 14.8. The lowest BCUT2D eigenvalue weighted by Gasteiger charge is -2.28. The number of rotatable bonds is 8. The molecule has 4 atom stereocenters. The number of sulfonamides is 1. The third-order valence-electron chi connectivity index (χ3n) is 9.29. The average Bonchev–Trinajstić information content (AvgIpc) is 3.37. The van der Waals surface area contributed by atoms with Gasteiger partial charge in [-0.2, -0.15) is 9.57 Å². The van der Waals surface area contributed by atoms with Gasteiger partial charge in [0.2, 0.25) is 10.0 Å². The molecule has 2 unspecified atom stereocenters. The summed E-state index contributed by atoms with van der Waals surface area (Å²) in [5.74, 6) is 0.0409. The summed E-state index contributed by atoms with van der Waals surface area (Å²) in [6.45, 7) is 2.94. The number of ketones is 1. The summed E-state index contributed by atoms with van der Waals surface area (Å²) < 4.78 is 28.0. The number of nitrogens with zero attached hydrogens (tertiary/aromatic N) is 5. The number of aryl methyl sites for hydroxylation is 1. The molecule has 4 aromatic rings. The molecule has 230 valence electrons. The van der Waals surface area contributed by atoms with E-state index < -0.39 is 15.6 Å². The summed E-state index contributed by atoms with van der Waals surface area (Å²) in [6, 6.07) is 24.0. The molecular weight excluding hydrogens is 600 g/mol. The summed E-state index contributed by atoms with van der Waals surface area (Å²) in [6.07, 6.45) is 6.34. The number of hydrogen-bond donors (Lipinski definition) is 1. The van der Waals surface area contributed by atoms with Crippen LogP contribution < -0.4 is 5.32 Å². The molecule has 1 aliphatic carbocycles. The first-order valence-corrected chi connectivity index (χ1v) is 16.4. The lowest BCUT2D eigenvalue weighted by Crippen LogP contribution is -2.45. The van der Waals surface area contributed by atoms with Crippen LogP contribution in [-0.2, 0) is 20.4 Å². The number of carbonyl (C=O) groups is 2. The van der Waals surface area contributed by atoms with Crippen molar-refractivity contribution >= 4 is 21.7 Å². The molecule has 11 heteroatoms. The monoisotopic (exact) mass is 630 g/mol. The number of aromatic nitrogens is 2. The minimum atomic E-state index is -3.61. The Morgan fingerprint density at radius 3 is 2.33 bits per heavy atom. The van der Waals surface area contributed by atoms with E-state index in [4.69, 9.17) is 0 Å². The average molecular weight is 631 g/mol. The van der Waals surface area contributed by atoms with E-state index in [0.29, 0.717) is 47.7 Å². The minimum absolute atomic E-state index is 0.0637. The van der Waals surface area contributed by atoms with E-state index in [1.165, 1.54) is 10.4 Å². The summed E-state index contributed by atoms with van der Waals surface area (Å²) >= 11 is 0. The standard InChI is InChI=1S/C35H30N6O4S/c1-23-17-27(13-16-38-23)35(26-11-14-37-15-12-26)34(43)41(33(39-35)18-32(42)25-9-7-24(19-36)8-10-25)22-31-29-20-40(21-30(29)31)46(44,45)28-5-3-2-4-6-28/h2-18,29-31,39H,20-22H2,1H3/t29-,30+,31?,35?. The van der Waals surface area contributed by atoms with Crippen molar-refractivity contribution in [2.75, 3.05) is 19.6 Å². The van der Waals surface area contributed by atoms with Gasteiger partial charge in [0.25, 0.3) is 5.91 Å². The van der Waals surface area contributed by atoms with Crippen molar-refractivity contribution in [1.29, 1.82) is 5.26 Å². The molecule has 7 rings (SSSR count). The van der Waals surface area contributed by atoms with Crippen LogP contribution in [0.4, 0.5) is 0 Å². The summed E-state index contributed by atoms with van der Waals surface area (Å²) in [5, 5.41) is 12.6. The van der Waals surface area contributed by atoms with Crippen LogP contribution in [0.25, 0.3) is 0 Å².